The summed E-state index contributed by atoms with van der Waals surface area (Å²) < 4.78 is 5.27. The van der Waals surface area contributed by atoms with E-state index in [9.17, 15) is 4.79 Å². The van der Waals surface area contributed by atoms with Crippen LogP contribution in [0.2, 0.25) is 0 Å². The zero-order valence-electron chi connectivity index (χ0n) is 11.9. The van der Waals surface area contributed by atoms with Crippen molar-refractivity contribution in [2.75, 3.05) is 0 Å². The number of unbranched alkanes of at least 4 members (excludes halogenated alkanes) is 2. The highest BCUT2D eigenvalue weighted by Crippen LogP contribution is 2.19. The largest absolute Gasteiger partial charge is 0.423 e. The molecule has 1 amide bonds. The lowest BCUT2D eigenvalue weighted by atomic mass is 10.00. The van der Waals surface area contributed by atoms with E-state index in [0.717, 1.165) is 6.42 Å². The van der Waals surface area contributed by atoms with Crippen LogP contribution in [0, 0.1) is 5.92 Å². The second-order valence-corrected chi connectivity index (χ2v) is 4.93. The summed E-state index contributed by atoms with van der Waals surface area (Å²) in [5.74, 6) is 0.992. The minimum absolute atomic E-state index is 0.379. The van der Waals surface area contributed by atoms with Crippen molar-refractivity contribution in [2.24, 2.45) is 5.92 Å². The summed E-state index contributed by atoms with van der Waals surface area (Å²) in [5.41, 5.74) is 0. The highest BCUT2D eigenvalue weighted by Gasteiger charge is 2.14. The van der Waals surface area contributed by atoms with Gasteiger partial charge >= 0.3 is 6.09 Å². The summed E-state index contributed by atoms with van der Waals surface area (Å²) in [6.45, 7) is 2.20. The average Bonchev–Trinajstić information content (AvgIpc) is 2.49. The Labute approximate surface area is 120 Å². The SMILES string of the molecule is CCCCCC1C=CN(C(=O)Oc2ccccc2)C=C1. The first kappa shape index (κ1) is 14.4. The number of allylic oxidation sites excluding steroid dienone is 2. The number of para-hydroxylation sites is 1. The summed E-state index contributed by atoms with van der Waals surface area (Å²) in [7, 11) is 0. The number of carbonyl (C=O) groups excluding carboxylic acids is 1. The fraction of sp³-hybridized carbons (Fsp3) is 0.353. The Balaban J connectivity index is 1.82. The van der Waals surface area contributed by atoms with Gasteiger partial charge in [-0.15, -0.1) is 0 Å². The van der Waals surface area contributed by atoms with Gasteiger partial charge in [0.1, 0.15) is 5.75 Å². The molecule has 3 heteroatoms. The summed E-state index contributed by atoms with van der Waals surface area (Å²) >= 11 is 0. The van der Waals surface area contributed by atoms with Gasteiger partial charge < -0.3 is 4.74 Å². The van der Waals surface area contributed by atoms with Gasteiger partial charge in [-0.2, -0.15) is 0 Å². The third-order valence-electron chi connectivity index (χ3n) is 3.29. The van der Waals surface area contributed by atoms with Crippen LogP contribution >= 0.6 is 0 Å². The first-order chi connectivity index (χ1) is 9.79. The van der Waals surface area contributed by atoms with Crippen molar-refractivity contribution < 1.29 is 9.53 Å². The molecule has 0 N–H and O–H groups in total. The molecular weight excluding hydrogens is 250 g/mol. The predicted octanol–water partition coefficient (Wildman–Crippen LogP) is 4.72. The van der Waals surface area contributed by atoms with Gasteiger partial charge in [0.05, 0.1) is 0 Å². The molecule has 0 saturated heterocycles. The van der Waals surface area contributed by atoms with Gasteiger partial charge in [0, 0.05) is 12.4 Å². The van der Waals surface area contributed by atoms with E-state index in [1.165, 1.54) is 24.2 Å². The highest BCUT2D eigenvalue weighted by molar-refractivity contribution is 5.73. The lowest BCUT2D eigenvalue weighted by molar-refractivity contribution is 0.181. The Kier molecular flexibility index (Phi) is 5.42. The average molecular weight is 271 g/mol. The van der Waals surface area contributed by atoms with Crippen molar-refractivity contribution >= 4 is 6.09 Å². The number of rotatable bonds is 5. The molecule has 0 aromatic heterocycles. The number of nitrogens with zero attached hydrogens (tertiary/aromatic N) is 1. The van der Waals surface area contributed by atoms with Crippen LogP contribution in [0.4, 0.5) is 4.79 Å². The molecule has 1 aromatic carbocycles. The standard InChI is InChI=1S/C17H21NO2/c1-2-3-5-8-15-11-13-18(14-12-15)17(19)20-16-9-6-4-7-10-16/h4,6-7,9-15H,2-3,5,8H2,1H3. The maximum absolute atomic E-state index is 11.9. The van der Waals surface area contributed by atoms with Gasteiger partial charge in [0.25, 0.3) is 0 Å². The summed E-state index contributed by atoms with van der Waals surface area (Å²) in [6, 6.07) is 9.10. The molecule has 2 rings (SSSR count). The van der Waals surface area contributed by atoms with Crippen molar-refractivity contribution in [3.8, 4) is 5.75 Å². The molecule has 1 aliphatic heterocycles. The van der Waals surface area contributed by atoms with Crippen LogP contribution in [-0.2, 0) is 0 Å². The fourth-order valence-electron chi connectivity index (χ4n) is 2.11. The van der Waals surface area contributed by atoms with Crippen LogP contribution in [0.1, 0.15) is 32.6 Å². The molecule has 0 unspecified atom stereocenters. The molecule has 1 aliphatic rings. The van der Waals surface area contributed by atoms with Gasteiger partial charge in [-0.3, -0.25) is 4.90 Å². The molecule has 0 fully saturated rings. The first-order valence-corrected chi connectivity index (χ1v) is 7.21. The smallest absolute Gasteiger partial charge is 0.410 e. The van der Waals surface area contributed by atoms with E-state index in [0.29, 0.717) is 11.7 Å². The molecule has 0 atom stereocenters. The zero-order valence-corrected chi connectivity index (χ0v) is 11.9. The molecule has 106 valence electrons. The molecule has 1 heterocycles. The number of ether oxygens (including phenoxy) is 1. The van der Waals surface area contributed by atoms with Gasteiger partial charge in [-0.05, 0) is 24.5 Å². The summed E-state index contributed by atoms with van der Waals surface area (Å²) in [6.07, 6.45) is 12.2. The molecule has 1 aromatic rings. The van der Waals surface area contributed by atoms with Gasteiger partial charge in [-0.1, -0.05) is 56.5 Å². The van der Waals surface area contributed by atoms with E-state index in [4.69, 9.17) is 4.74 Å². The minimum atomic E-state index is -0.379. The van der Waals surface area contributed by atoms with Crippen LogP contribution in [0.3, 0.4) is 0 Å². The Hall–Kier alpha value is -2.03. The number of hydrogen-bond donors (Lipinski definition) is 0. The molecule has 0 aliphatic carbocycles. The Bertz CT molecular complexity index is 465. The molecule has 0 saturated carbocycles. The second kappa shape index (κ2) is 7.53. The number of hydrogen-bond acceptors (Lipinski definition) is 2. The van der Waals surface area contributed by atoms with Crippen molar-refractivity contribution in [1.29, 1.82) is 0 Å². The lowest BCUT2D eigenvalue weighted by Gasteiger charge is -2.19. The number of benzene rings is 1. The molecule has 0 spiro atoms. The predicted molar refractivity (Wildman–Crippen MR) is 80.2 cm³/mol. The fourth-order valence-corrected chi connectivity index (χ4v) is 2.11. The maximum atomic E-state index is 11.9. The van der Waals surface area contributed by atoms with Crippen LogP contribution in [0.15, 0.2) is 54.9 Å². The third kappa shape index (κ3) is 4.26. The van der Waals surface area contributed by atoms with Crippen molar-refractivity contribution in [2.45, 2.75) is 32.6 Å². The summed E-state index contributed by atoms with van der Waals surface area (Å²) in [4.78, 5) is 13.4. The molecule has 0 bridgehead atoms. The Morgan fingerprint density at radius 2 is 1.85 bits per heavy atom. The van der Waals surface area contributed by atoms with Crippen LogP contribution < -0.4 is 4.74 Å². The van der Waals surface area contributed by atoms with E-state index in [1.54, 1.807) is 24.5 Å². The lowest BCUT2D eigenvalue weighted by Crippen LogP contribution is -2.25. The highest BCUT2D eigenvalue weighted by atomic mass is 16.6. The normalized spacial score (nSPS) is 14.6. The molecule has 20 heavy (non-hydrogen) atoms. The minimum Gasteiger partial charge on any atom is -0.410 e. The topological polar surface area (TPSA) is 29.5 Å². The molecule has 0 radical (unpaired) electrons. The summed E-state index contributed by atoms with van der Waals surface area (Å²) in [5, 5.41) is 0. The van der Waals surface area contributed by atoms with Crippen LogP contribution in [0.25, 0.3) is 0 Å². The molecular formula is C17H21NO2. The zero-order chi connectivity index (χ0) is 14.2. The van der Waals surface area contributed by atoms with E-state index < -0.39 is 0 Å². The van der Waals surface area contributed by atoms with E-state index in [2.05, 4.69) is 19.1 Å². The van der Waals surface area contributed by atoms with Crippen LogP contribution in [0.5, 0.6) is 5.75 Å². The molecule has 3 nitrogen and oxygen atoms in total. The van der Waals surface area contributed by atoms with Crippen molar-refractivity contribution in [1.82, 2.24) is 4.90 Å². The second-order valence-electron chi connectivity index (χ2n) is 4.93. The quantitative estimate of drug-likeness (QED) is 0.725. The van der Waals surface area contributed by atoms with Gasteiger partial charge in [0.15, 0.2) is 0 Å². The van der Waals surface area contributed by atoms with Gasteiger partial charge in [0.2, 0.25) is 0 Å². The first-order valence-electron chi connectivity index (χ1n) is 7.21. The van der Waals surface area contributed by atoms with E-state index in [-0.39, 0.29) is 6.09 Å². The Morgan fingerprint density at radius 1 is 1.15 bits per heavy atom. The van der Waals surface area contributed by atoms with E-state index in [1.807, 2.05) is 18.2 Å². The monoisotopic (exact) mass is 271 g/mol. The van der Waals surface area contributed by atoms with E-state index >= 15 is 0 Å². The number of amides is 1. The Morgan fingerprint density at radius 3 is 2.50 bits per heavy atom. The van der Waals surface area contributed by atoms with Crippen molar-refractivity contribution in [3.63, 3.8) is 0 Å². The van der Waals surface area contributed by atoms with Gasteiger partial charge in [-0.25, -0.2) is 4.79 Å². The number of carbonyl (C=O) groups is 1. The third-order valence-corrected chi connectivity index (χ3v) is 3.29. The van der Waals surface area contributed by atoms with Crippen molar-refractivity contribution in [3.05, 3.63) is 54.9 Å². The maximum Gasteiger partial charge on any atom is 0.423 e. The van der Waals surface area contributed by atoms with Crippen LogP contribution in [-0.4, -0.2) is 11.0 Å².